The molecule has 0 amide bonds. The molecule has 0 aromatic heterocycles. The van der Waals surface area contributed by atoms with E-state index < -0.39 is 0 Å². The highest BCUT2D eigenvalue weighted by molar-refractivity contribution is 5.85. The van der Waals surface area contributed by atoms with Gasteiger partial charge in [0.1, 0.15) is 0 Å². The summed E-state index contributed by atoms with van der Waals surface area (Å²) in [6, 6.07) is 2.47. The third-order valence-electron chi connectivity index (χ3n) is 4.29. The molecule has 0 radical (unpaired) electrons. The van der Waals surface area contributed by atoms with Crippen LogP contribution in [0.25, 0.3) is 0 Å². The second-order valence-electron chi connectivity index (χ2n) is 7.05. The zero-order valence-corrected chi connectivity index (χ0v) is 12.6. The highest BCUT2D eigenvalue weighted by Crippen LogP contribution is 2.30. The van der Waals surface area contributed by atoms with Gasteiger partial charge in [0.2, 0.25) is 0 Å². The smallest absolute Gasteiger partial charge is 0.0122 e. The molecule has 2 fully saturated rings. The molecule has 0 saturated carbocycles. The summed E-state index contributed by atoms with van der Waals surface area (Å²) in [5, 5.41) is 3.72. The first-order valence-electron chi connectivity index (χ1n) is 6.90. The second kappa shape index (κ2) is 5.90. The van der Waals surface area contributed by atoms with Crippen molar-refractivity contribution in [3.05, 3.63) is 0 Å². The molecule has 1 N–H and O–H groups in total. The highest BCUT2D eigenvalue weighted by Gasteiger charge is 2.34. The molecule has 0 aromatic rings. The quantitative estimate of drug-likeness (QED) is 0.839. The van der Waals surface area contributed by atoms with Gasteiger partial charge in [-0.05, 0) is 51.1 Å². The first-order valence-corrected chi connectivity index (χ1v) is 6.90. The number of hydrogen-bond donors (Lipinski definition) is 1. The van der Waals surface area contributed by atoms with Gasteiger partial charge >= 0.3 is 0 Å². The fraction of sp³-hybridized carbons (Fsp3) is 1.00. The molecule has 2 atom stereocenters. The van der Waals surface area contributed by atoms with Crippen LogP contribution in [-0.2, 0) is 0 Å². The van der Waals surface area contributed by atoms with E-state index in [1.165, 1.54) is 38.6 Å². The van der Waals surface area contributed by atoms with E-state index >= 15 is 0 Å². The van der Waals surface area contributed by atoms with Gasteiger partial charge in [-0.1, -0.05) is 20.8 Å². The van der Waals surface area contributed by atoms with E-state index in [-0.39, 0.29) is 12.4 Å². The molecule has 3 heteroatoms. The molecule has 2 rings (SSSR count). The van der Waals surface area contributed by atoms with Crippen molar-refractivity contribution < 1.29 is 0 Å². The van der Waals surface area contributed by atoms with Gasteiger partial charge in [-0.2, -0.15) is 0 Å². The zero-order valence-electron chi connectivity index (χ0n) is 11.8. The summed E-state index contributed by atoms with van der Waals surface area (Å²) >= 11 is 0. The topological polar surface area (TPSA) is 15.3 Å². The Morgan fingerprint density at radius 1 is 1.12 bits per heavy atom. The number of piperidine rings is 1. The van der Waals surface area contributed by atoms with Crippen molar-refractivity contribution in [3.63, 3.8) is 0 Å². The minimum atomic E-state index is 0. The van der Waals surface area contributed by atoms with E-state index in [0.29, 0.717) is 5.41 Å². The van der Waals surface area contributed by atoms with E-state index in [1.807, 2.05) is 0 Å². The van der Waals surface area contributed by atoms with Crippen molar-refractivity contribution in [1.29, 1.82) is 0 Å². The molecular weight excluding hydrogens is 232 g/mol. The molecule has 102 valence electrons. The summed E-state index contributed by atoms with van der Waals surface area (Å²) in [5.74, 6) is 0. The summed E-state index contributed by atoms with van der Waals surface area (Å²) in [7, 11) is 2.32. The Hall–Kier alpha value is 0.210. The molecule has 2 saturated heterocycles. The molecule has 17 heavy (non-hydrogen) atoms. The molecule has 2 unspecified atom stereocenters. The third kappa shape index (κ3) is 4.42. The molecule has 2 aliphatic heterocycles. The largest absolute Gasteiger partial charge is 0.311 e. The monoisotopic (exact) mass is 260 g/mol. The standard InChI is InChI=1S/C14H28N2.ClH/c1-14(2,3)7-8-16(4)13-9-11-5-6-12(10-13)15-11;/h11-13,15H,5-10H2,1-4H3;1H. The zero-order chi connectivity index (χ0) is 11.8. The first kappa shape index (κ1) is 15.3. The Morgan fingerprint density at radius 3 is 2.12 bits per heavy atom. The SMILES string of the molecule is CN(CCC(C)(C)C)C1CC2CCC(C1)N2.Cl. The van der Waals surface area contributed by atoms with Crippen molar-refractivity contribution in [1.82, 2.24) is 10.2 Å². The normalized spacial score (nSPS) is 32.6. The number of nitrogens with zero attached hydrogens (tertiary/aromatic N) is 1. The van der Waals surface area contributed by atoms with Crippen LogP contribution in [0.1, 0.15) is 52.9 Å². The second-order valence-corrected chi connectivity index (χ2v) is 7.05. The Morgan fingerprint density at radius 2 is 1.65 bits per heavy atom. The van der Waals surface area contributed by atoms with E-state index in [1.54, 1.807) is 0 Å². The maximum Gasteiger partial charge on any atom is 0.0122 e. The van der Waals surface area contributed by atoms with E-state index in [0.717, 1.165) is 18.1 Å². The van der Waals surface area contributed by atoms with Crippen molar-refractivity contribution in [2.75, 3.05) is 13.6 Å². The summed E-state index contributed by atoms with van der Waals surface area (Å²) in [6.07, 6.45) is 6.87. The van der Waals surface area contributed by atoms with E-state index in [2.05, 4.69) is 38.0 Å². The summed E-state index contributed by atoms with van der Waals surface area (Å²) in [5.41, 5.74) is 0.472. The Labute approximate surface area is 113 Å². The Balaban J connectivity index is 0.00000144. The van der Waals surface area contributed by atoms with Crippen LogP contribution in [0.15, 0.2) is 0 Å². The predicted molar refractivity (Wildman–Crippen MR) is 76.9 cm³/mol. The van der Waals surface area contributed by atoms with Gasteiger partial charge < -0.3 is 10.2 Å². The van der Waals surface area contributed by atoms with E-state index in [9.17, 15) is 0 Å². The number of halogens is 1. The van der Waals surface area contributed by atoms with Gasteiger partial charge in [-0.3, -0.25) is 0 Å². The van der Waals surface area contributed by atoms with Crippen LogP contribution < -0.4 is 5.32 Å². The van der Waals surface area contributed by atoms with Crippen LogP contribution in [0.2, 0.25) is 0 Å². The van der Waals surface area contributed by atoms with Gasteiger partial charge in [-0.15, -0.1) is 12.4 Å². The van der Waals surface area contributed by atoms with Crippen molar-refractivity contribution in [3.8, 4) is 0 Å². The van der Waals surface area contributed by atoms with Gasteiger partial charge in [-0.25, -0.2) is 0 Å². The fourth-order valence-electron chi connectivity index (χ4n) is 3.08. The molecular formula is C14H29ClN2. The molecule has 0 spiro atoms. The van der Waals surface area contributed by atoms with Gasteiger partial charge in [0.05, 0.1) is 0 Å². The number of fused-ring (bicyclic) bond motifs is 2. The summed E-state index contributed by atoms with van der Waals surface area (Å²) in [4.78, 5) is 2.61. The number of rotatable bonds is 3. The Bertz CT molecular complexity index is 225. The number of nitrogens with one attached hydrogen (secondary N) is 1. The van der Waals surface area contributed by atoms with Gasteiger partial charge in [0.15, 0.2) is 0 Å². The van der Waals surface area contributed by atoms with Gasteiger partial charge in [0.25, 0.3) is 0 Å². The average Bonchev–Trinajstić information content (AvgIpc) is 2.53. The van der Waals surface area contributed by atoms with Crippen molar-refractivity contribution in [2.24, 2.45) is 5.41 Å². The maximum atomic E-state index is 3.72. The highest BCUT2D eigenvalue weighted by atomic mass is 35.5. The summed E-state index contributed by atoms with van der Waals surface area (Å²) < 4.78 is 0. The minimum absolute atomic E-state index is 0. The van der Waals surface area contributed by atoms with Crippen molar-refractivity contribution in [2.45, 2.75) is 71.0 Å². The van der Waals surface area contributed by atoms with Crippen molar-refractivity contribution >= 4 is 12.4 Å². The van der Waals surface area contributed by atoms with Crippen LogP contribution >= 0.6 is 12.4 Å². The maximum absolute atomic E-state index is 3.72. The molecule has 2 heterocycles. The molecule has 2 aliphatic rings. The van der Waals surface area contributed by atoms with Crippen LogP contribution in [0, 0.1) is 5.41 Å². The van der Waals surface area contributed by atoms with Crippen LogP contribution in [0.3, 0.4) is 0 Å². The molecule has 2 bridgehead atoms. The summed E-state index contributed by atoms with van der Waals surface area (Å²) in [6.45, 7) is 8.28. The lowest BCUT2D eigenvalue weighted by molar-refractivity contribution is 0.154. The van der Waals surface area contributed by atoms with Gasteiger partial charge in [0, 0.05) is 18.1 Å². The lowest BCUT2D eigenvalue weighted by Crippen LogP contribution is -2.47. The minimum Gasteiger partial charge on any atom is -0.311 e. The Kier molecular flexibility index (Phi) is 5.30. The lowest BCUT2D eigenvalue weighted by atomic mass is 9.91. The first-order chi connectivity index (χ1) is 7.44. The fourth-order valence-corrected chi connectivity index (χ4v) is 3.08. The van der Waals surface area contributed by atoms with Crippen LogP contribution in [0.5, 0.6) is 0 Å². The predicted octanol–water partition coefficient (Wildman–Crippen LogP) is 3.06. The lowest BCUT2D eigenvalue weighted by Gasteiger charge is -2.36. The van der Waals surface area contributed by atoms with Crippen LogP contribution in [0.4, 0.5) is 0 Å². The van der Waals surface area contributed by atoms with E-state index in [4.69, 9.17) is 0 Å². The number of hydrogen-bond acceptors (Lipinski definition) is 2. The molecule has 0 aromatic carbocycles. The molecule has 2 nitrogen and oxygen atoms in total. The average molecular weight is 261 g/mol. The molecule has 0 aliphatic carbocycles. The van der Waals surface area contributed by atoms with Crippen LogP contribution in [-0.4, -0.2) is 36.6 Å². The third-order valence-corrected chi connectivity index (χ3v) is 4.29.